The molecule has 1 aromatic heterocycles. The molecule has 0 aliphatic rings. The van der Waals surface area contributed by atoms with Crippen LogP contribution < -0.4 is 27.4 Å². The number of carboxylic acids is 1. The number of imidazole rings is 1. The Morgan fingerprint density at radius 1 is 1.06 bits per heavy atom. The third-order valence-corrected chi connectivity index (χ3v) is 5.11. The van der Waals surface area contributed by atoms with Gasteiger partial charge in [-0.2, -0.15) is 12.6 Å². The number of aromatic amines is 1. The van der Waals surface area contributed by atoms with Gasteiger partial charge in [0, 0.05) is 30.5 Å². The van der Waals surface area contributed by atoms with Crippen LogP contribution in [-0.2, 0) is 30.4 Å². The van der Waals surface area contributed by atoms with Crippen molar-refractivity contribution in [3.8, 4) is 0 Å². The number of hydrogen-bond acceptors (Lipinski definition) is 8. The Hall–Kier alpha value is -3.13. The number of nitrogens with one attached hydrogen (secondary N) is 4. The zero-order valence-corrected chi connectivity index (χ0v) is 19.3. The second-order valence-corrected chi connectivity index (χ2v) is 8.13. The van der Waals surface area contributed by atoms with Crippen molar-refractivity contribution < 1.29 is 29.1 Å². The number of nitrogens with zero attached hydrogens (tertiary/aromatic N) is 1. The summed E-state index contributed by atoms with van der Waals surface area (Å²) in [4.78, 5) is 67.2. The maximum absolute atomic E-state index is 13.0. The minimum atomic E-state index is -1.29. The van der Waals surface area contributed by atoms with E-state index in [0.717, 1.165) is 0 Å². The number of nitrogens with two attached hydrogens (primary N) is 2. The number of aliphatic carboxylic acids is 1. The molecule has 0 saturated heterocycles. The van der Waals surface area contributed by atoms with Gasteiger partial charge < -0.3 is 37.5 Å². The quantitative estimate of drug-likeness (QED) is 0.133. The van der Waals surface area contributed by atoms with Crippen LogP contribution in [0.1, 0.15) is 32.4 Å². The fourth-order valence-electron chi connectivity index (χ4n) is 2.68. The highest BCUT2D eigenvalue weighted by Gasteiger charge is 2.31. The number of carboxylic acid groups (broad SMARTS) is 1. The van der Waals surface area contributed by atoms with Crippen molar-refractivity contribution in [1.82, 2.24) is 25.9 Å². The van der Waals surface area contributed by atoms with Gasteiger partial charge >= 0.3 is 5.97 Å². The number of H-pyrrole nitrogens is 1. The molecular weight excluding hydrogens is 454 g/mol. The Bertz CT molecular complexity index is 833. The third-order valence-electron chi connectivity index (χ3n) is 4.74. The fraction of sp³-hybridized carbons (Fsp3) is 0.579. The maximum Gasteiger partial charge on any atom is 0.327 e. The summed E-state index contributed by atoms with van der Waals surface area (Å²) in [6.45, 7) is 3.46. The monoisotopic (exact) mass is 485 g/mol. The highest BCUT2D eigenvalue weighted by atomic mass is 32.1. The molecule has 0 aromatic carbocycles. The largest absolute Gasteiger partial charge is 0.480 e. The Balaban J connectivity index is 3.05. The molecular formula is C19H31N7O6S. The molecule has 13 nitrogen and oxygen atoms in total. The van der Waals surface area contributed by atoms with E-state index in [1.54, 1.807) is 13.8 Å². The summed E-state index contributed by atoms with van der Waals surface area (Å²) in [7, 11) is 0. The van der Waals surface area contributed by atoms with Crippen LogP contribution in [0.2, 0.25) is 0 Å². The van der Waals surface area contributed by atoms with Gasteiger partial charge in [0.15, 0.2) is 0 Å². The van der Waals surface area contributed by atoms with Crippen molar-refractivity contribution in [2.75, 3.05) is 5.75 Å². The second-order valence-electron chi connectivity index (χ2n) is 7.76. The van der Waals surface area contributed by atoms with Crippen LogP contribution >= 0.6 is 12.6 Å². The van der Waals surface area contributed by atoms with Gasteiger partial charge in [-0.15, -0.1) is 0 Å². The highest BCUT2D eigenvalue weighted by molar-refractivity contribution is 7.80. The topological polar surface area (TPSA) is 222 Å². The number of carbonyl (C=O) groups excluding carboxylic acids is 4. The summed E-state index contributed by atoms with van der Waals surface area (Å²) in [5.41, 5.74) is 11.5. The average molecular weight is 486 g/mol. The molecule has 1 rings (SSSR count). The highest BCUT2D eigenvalue weighted by Crippen LogP contribution is 2.05. The zero-order valence-electron chi connectivity index (χ0n) is 18.4. The first-order valence-electron chi connectivity index (χ1n) is 10.2. The molecule has 0 saturated carbocycles. The first kappa shape index (κ1) is 27.9. The average Bonchev–Trinajstić information content (AvgIpc) is 3.25. The zero-order chi connectivity index (χ0) is 25.1. The first-order valence-corrected chi connectivity index (χ1v) is 10.8. The number of carbonyl (C=O) groups is 5. The molecule has 4 unspecified atom stereocenters. The van der Waals surface area contributed by atoms with Crippen molar-refractivity contribution in [3.05, 3.63) is 18.2 Å². The van der Waals surface area contributed by atoms with Gasteiger partial charge in [-0.1, -0.05) is 13.8 Å². The predicted octanol–water partition coefficient (Wildman–Crippen LogP) is -2.33. The number of primary amides is 1. The van der Waals surface area contributed by atoms with Gasteiger partial charge in [-0.05, 0) is 12.3 Å². The second kappa shape index (κ2) is 13.4. The molecule has 0 fully saturated rings. The molecule has 0 bridgehead atoms. The van der Waals surface area contributed by atoms with Gasteiger partial charge in [0.25, 0.3) is 0 Å². The summed E-state index contributed by atoms with van der Waals surface area (Å²) >= 11 is 3.91. The number of thiol groups is 1. The summed E-state index contributed by atoms with van der Waals surface area (Å²) in [6.07, 6.45) is 2.45. The molecule has 33 heavy (non-hydrogen) atoms. The minimum absolute atomic E-state index is 0.0432. The van der Waals surface area contributed by atoms with Crippen LogP contribution in [0.25, 0.3) is 0 Å². The van der Waals surface area contributed by atoms with E-state index in [2.05, 4.69) is 38.5 Å². The molecule has 184 valence electrons. The smallest absolute Gasteiger partial charge is 0.327 e. The first-order chi connectivity index (χ1) is 15.5. The summed E-state index contributed by atoms with van der Waals surface area (Å²) < 4.78 is 0. The van der Waals surface area contributed by atoms with Gasteiger partial charge in [0.1, 0.15) is 18.1 Å². The van der Waals surface area contributed by atoms with Gasteiger partial charge in [0.2, 0.25) is 23.6 Å². The minimum Gasteiger partial charge on any atom is -0.480 e. The molecule has 0 aliphatic heterocycles. The van der Waals surface area contributed by atoms with Crippen molar-refractivity contribution in [1.29, 1.82) is 0 Å². The maximum atomic E-state index is 13.0. The molecule has 14 heteroatoms. The fourth-order valence-corrected chi connectivity index (χ4v) is 2.93. The molecule has 9 N–H and O–H groups in total. The van der Waals surface area contributed by atoms with Crippen LogP contribution in [0.5, 0.6) is 0 Å². The molecule has 1 heterocycles. The Labute approximate surface area is 196 Å². The van der Waals surface area contributed by atoms with Crippen molar-refractivity contribution in [2.45, 2.75) is 57.3 Å². The molecule has 0 aliphatic carbocycles. The van der Waals surface area contributed by atoms with Gasteiger partial charge in [-0.25, -0.2) is 9.78 Å². The number of hydrogen-bond donors (Lipinski definition) is 8. The molecule has 4 atom stereocenters. The van der Waals surface area contributed by atoms with Crippen LogP contribution in [0.15, 0.2) is 12.5 Å². The SMILES string of the molecule is CC(C)C(N)C(=O)NC(CCC(N)=O)C(=O)NC(Cc1cnc[nH]1)C(=O)NC(CS)C(=O)O. The van der Waals surface area contributed by atoms with Crippen LogP contribution in [0.4, 0.5) is 0 Å². The van der Waals surface area contributed by atoms with Crippen LogP contribution in [-0.4, -0.2) is 74.6 Å². The lowest BCUT2D eigenvalue weighted by Crippen LogP contribution is -2.58. The standard InChI is InChI=1S/C19H31N7O6S/c1-9(2)15(21)18(30)24-11(3-4-14(20)27)16(28)25-12(5-10-6-22-8-23-10)17(29)26-13(7-33)19(31)32/h6,8-9,11-13,15,33H,3-5,7,21H2,1-2H3,(H2,20,27)(H,22,23)(H,24,30)(H,25,28)(H,26,29)(H,31,32). The molecule has 1 aromatic rings. The predicted molar refractivity (Wildman–Crippen MR) is 121 cm³/mol. The molecule has 4 amide bonds. The lowest BCUT2D eigenvalue weighted by molar-refractivity contribution is -0.141. The van der Waals surface area contributed by atoms with E-state index in [0.29, 0.717) is 5.69 Å². The van der Waals surface area contributed by atoms with E-state index in [4.69, 9.17) is 11.5 Å². The van der Waals surface area contributed by atoms with E-state index in [1.807, 2.05) is 0 Å². The Morgan fingerprint density at radius 2 is 1.64 bits per heavy atom. The summed E-state index contributed by atoms with van der Waals surface area (Å²) in [5.74, 6) is -4.51. The number of rotatable bonds is 14. The molecule has 0 spiro atoms. The lowest BCUT2D eigenvalue weighted by atomic mass is 10.0. The Kier molecular flexibility index (Phi) is 11.4. The normalized spacial score (nSPS) is 14.6. The van der Waals surface area contributed by atoms with Crippen molar-refractivity contribution in [2.24, 2.45) is 17.4 Å². The molecule has 0 radical (unpaired) electrons. The van der Waals surface area contributed by atoms with Gasteiger partial charge in [0.05, 0.1) is 12.4 Å². The lowest BCUT2D eigenvalue weighted by Gasteiger charge is -2.25. The van der Waals surface area contributed by atoms with Crippen LogP contribution in [0.3, 0.4) is 0 Å². The Morgan fingerprint density at radius 3 is 2.12 bits per heavy atom. The van der Waals surface area contributed by atoms with E-state index < -0.39 is 53.8 Å². The summed E-state index contributed by atoms with van der Waals surface area (Å²) in [6, 6.07) is -4.60. The van der Waals surface area contributed by atoms with E-state index in [9.17, 15) is 29.1 Å². The van der Waals surface area contributed by atoms with E-state index >= 15 is 0 Å². The third kappa shape index (κ3) is 9.49. The van der Waals surface area contributed by atoms with Gasteiger partial charge in [-0.3, -0.25) is 19.2 Å². The van der Waals surface area contributed by atoms with E-state index in [1.165, 1.54) is 12.5 Å². The number of aromatic nitrogens is 2. The van der Waals surface area contributed by atoms with Crippen LogP contribution in [0, 0.1) is 5.92 Å². The summed E-state index contributed by atoms with van der Waals surface area (Å²) in [5, 5.41) is 16.5. The number of amides is 4. The van der Waals surface area contributed by atoms with Crippen molar-refractivity contribution in [3.63, 3.8) is 0 Å². The van der Waals surface area contributed by atoms with Crippen molar-refractivity contribution >= 4 is 42.2 Å². The van der Waals surface area contributed by atoms with E-state index in [-0.39, 0.29) is 30.9 Å².